The maximum atomic E-state index is 5.30. The van der Waals surface area contributed by atoms with Gasteiger partial charge in [-0.2, -0.15) is 0 Å². The lowest BCUT2D eigenvalue weighted by Gasteiger charge is -2.17. The van der Waals surface area contributed by atoms with Crippen LogP contribution in [0.4, 0.5) is 5.95 Å². The molecule has 1 aliphatic rings. The molecule has 3 nitrogen and oxygen atoms in total. The molecule has 1 aromatic rings. The van der Waals surface area contributed by atoms with E-state index in [1.165, 1.54) is 24.1 Å². The van der Waals surface area contributed by atoms with Crippen molar-refractivity contribution in [1.29, 1.82) is 0 Å². The minimum Gasteiger partial charge on any atom is -0.342 e. The topological polar surface area (TPSA) is 31.9 Å². The molecule has 0 unspecified atom stereocenters. The first-order valence-electron chi connectivity index (χ1n) is 5.57. The summed E-state index contributed by atoms with van der Waals surface area (Å²) in [7, 11) is 0. The maximum absolute atomic E-state index is 5.30. The fourth-order valence-corrected chi connectivity index (χ4v) is 2.47. The first-order chi connectivity index (χ1) is 7.22. The summed E-state index contributed by atoms with van der Waals surface area (Å²) in [4.78, 5) is 10.1. The fraction of sp³-hybridized carbons (Fsp3) is 0.636. The van der Waals surface area contributed by atoms with Crippen molar-refractivity contribution in [2.45, 2.75) is 33.1 Å². The Hall–Kier alpha value is -0.900. The van der Waals surface area contributed by atoms with E-state index in [1.807, 2.05) is 0 Å². The van der Waals surface area contributed by atoms with Gasteiger partial charge in [-0.3, -0.25) is 0 Å². The number of aromatic nitrogens is 2. The highest BCUT2D eigenvalue weighted by Gasteiger charge is 2.15. The minimum atomic E-state index is 0.760. The number of rotatable bonds is 2. The molecule has 4 heteroatoms. The third kappa shape index (κ3) is 2.04. The summed E-state index contributed by atoms with van der Waals surface area (Å²) < 4.78 is 0.760. The van der Waals surface area contributed by atoms with Crippen LogP contribution in [-0.4, -0.2) is 23.1 Å². The van der Waals surface area contributed by atoms with Crippen LogP contribution in [0.3, 0.4) is 0 Å². The highest BCUT2D eigenvalue weighted by molar-refractivity contribution is 7.71. The van der Waals surface area contributed by atoms with Crippen LogP contribution in [0.1, 0.15) is 31.0 Å². The van der Waals surface area contributed by atoms with Crippen molar-refractivity contribution in [2.75, 3.05) is 18.0 Å². The monoisotopic (exact) mass is 223 g/mol. The Balaban J connectivity index is 2.38. The lowest BCUT2D eigenvalue weighted by Crippen LogP contribution is -2.21. The molecule has 0 amide bonds. The summed E-state index contributed by atoms with van der Waals surface area (Å²) in [5.41, 5.74) is 2.34. The Kier molecular flexibility index (Phi) is 3.05. The Bertz CT molecular complexity index is 405. The van der Waals surface area contributed by atoms with Crippen LogP contribution < -0.4 is 4.90 Å². The second-order valence-electron chi connectivity index (χ2n) is 4.02. The van der Waals surface area contributed by atoms with Gasteiger partial charge < -0.3 is 9.88 Å². The SMILES string of the molecule is CCc1c(C)[nH]c(N2CCCC2)nc1=S. The van der Waals surface area contributed by atoms with Gasteiger partial charge in [-0.25, -0.2) is 4.98 Å². The summed E-state index contributed by atoms with van der Waals surface area (Å²) >= 11 is 5.30. The van der Waals surface area contributed by atoms with Crippen LogP contribution >= 0.6 is 12.2 Å². The van der Waals surface area contributed by atoms with Gasteiger partial charge in [-0.1, -0.05) is 19.1 Å². The zero-order valence-corrected chi connectivity index (χ0v) is 10.2. The van der Waals surface area contributed by atoms with Gasteiger partial charge in [0, 0.05) is 24.3 Å². The molecule has 0 spiro atoms. The molecule has 0 aromatic carbocycles. The van der Waals surface area contributed by atoms with E-state index in [4.69, 9.17) is 12.2 Å². The molecule has 1 N–H and O–H groups in total. The molecule has 82 valence electrons. The first-order valence-corrected chi connectivity index (χ1v) is 5.98. The molecule has 1 saturated heterocycles. The highest BCUT2D eigenvalue weighted by atomic mass is 32.1. The van der Waals surface area contributed by atoms with Gasteiger partial charge in [0.2, 0.25) is 5.95 Å². The van der Waals surface area contributed by atoms with Crippen molar-refractivity contribution >= 4 is 18.2 Å². The Morgan fingerprint density at radius 2 is 2.07 bits per heavy atom. The lowest BCUT2D eigenvalue weighted by molar-refractivity contribution is 0.869. The molecule has 1 aromatic heterocycles. The summed E-state index contributed by atoms with van der Waals surface area (Å²) in [6, 6.07) is 0. The Labute approximate surface area is 95.5 Å². The van der Waals surface area contributed by atoms with Crippen LogP contribution in [0.25, 0.3) is 0 Å². The first kappa shape index (κ1) is 10.6. The van der Waals surface area contributed by atoms with Gasteiger partial charge in [-0.15, -0.1) is 0 Å². The van der Waals surface area contributed by atoms with Gasteiger partial charge in [0.1, 0.15) is 4.64 Å². The number of aryl methyl sites for hydroxylation is 1. The van der Waals surface area contributed by atoms with Crippen molar-refractivity contribution in [2.24, 2.45) is 0 Å². The van der Waals surface area contributed by atoms with Crippen LogP contribution in [0.2, 0.25) is 0 Å². The average Bonchev–Trinajstić information content (AvgIpc) is 2.69. The van der Waals surface area contributed by atoms with Crippen molar-refractivity contribution in [1.82, 2.24) is 9.97 Å². The third-order valence-corrected chi connectivity index (χ3v) is 3.31. The van der Waals surface area contributed by atoms with E-state index in [9.17, 15) is 0 Å². The van der Waals surface area contributed by atoms with Crippen molar-refractivity contribution in [3.05, 3.63) is 15.9 Å². The molecule has 0 saturated carbocycles. The average molecular weight is 223 g/mol. The molecule has 15 heavy (non-hydrogen) atoms. The molecule has 1 fully saturated rings. The summed E-state index contributed by atoms with van der Waals surface area (Å²) in [5, 5.41) is 0. The number of hydrogen-bond acceptors (Lipinski definition) is 3. The van der Waals surface area contributed by atoms with Crippen LogP contribution in [-0.2, 0) is 6.42 Å². The van der Waals surface area contributed by atoms with E-state index in [-0.39, 0.29) is 0 Å². The summed E-state index contributed by atoms with van der Waals surface area (Å²) in [5.74, 6) is 0.951. The van der Waals surface area contributed by atoms with E-state index >= 15 is 0 Å². The smallest absolute Gasteiger partial charge is 0.204 e. The number of aromatic amines is 1. The predicted octanol–water partition coefficient (Wildman–Crippen LogP) is 2.61. The predicted molar refractivity (Wildman–Crippen MR) is 65.0 cm³/mol. The summed E-state index contributed by atoms with van der Waals surface area (Å²) in [6.45, 7) is 6.39. The zero-order valence-electron chi connectivity index (χ0n) is 9.34. The van der Waals surface area contributed by atoms with E-state index in [2.05, 4.69) is 28.7 Å². The van der Waals surface area contributed by atoms with E-state index in [0.29, 0.717) is 0 Å². The van der Waals surface area contributed by atoms with Crippen molar-refractivity contribution in [3.63, 3.8) is 0 Å². The molecule has 0 bridgehead atoms. The quantitative estimate of drug-likeness (QED) is 0.782. The molecular weight excluding hydrogens is 206 g/mol. The Morgan fingerprint density at radius 1 is 1.40 bits per heavy atom. The third-order valence-electron chi connectivity index (χ3n) is 2.98. The van der Waals surface area contributed by atoms with Gasteiger partial charge in [-0.05, 0) is 26.2 Å². The number of hydrogen-bond donors (Lipinski definition) is 1. The largest absolute Gasteiger partial charge is 0.342 e. The maximum Gasteiger partial charge on any atom is 0.204 e. The van der Waals surface area contributed by atoms with E-state index in [1.54, 1.807) is 0 Å². The second kappa shape index (κ2) is 4.31. The zero-order chi connectivity index (χ0) is 10.8. The highest BCUT2D eigenvalue weighted by Crippen LogP contribution is 2.18. The van der Waals surface area contributed by atoms with Gasteiger partial charge in [0.25, 0.3) is 0 Å². The minimum absolute atomic E-state index is 0.760. The van der Waals surface area contributed by atoms with Crippen molar-refractivity contribution < 1.29 is 0 Å². The molecule has 0 atom stereocenters. The fourth-order valence-electron chi connectivity index (χ4n) is 2.09. The summed E-state index contributed by atoms with van der Waals surface area (Å²) in [6.07, 6.45) is 3.47. The van der Waals surface area contributed by atoms with E-state index < -0.39 is 0 Å². The molecule has 1 aliphatic heterocycles. The lowest BCUT2D eigenvalue weighted by atomic mass is 10.2. The normalized spacial score (nSPS) is 16.0. The molecule has 0 aliphatic carbocycles. The van der Waals surface area contributed by atoms with Crippen LogP contribution in [0.5, 0.6) is 0 Å². The molecule has 0 radical (unpaired) electrons. The second-order valence-corrected chi connectivity index (χ2v) is 4.40. The van der Waals surface area contributed by atoms with Gasteiger partial charge >= 0.3 is 0 Å². The number of anilines is 1. The number of H-pyrrole nitrogens is 1. The van der Waals surface area contributed by atoms with E-state index in [0.717, 1.165) is 30.1 Å². The number of nitrogens with one attached hydrogen (secondary N) is 1. The van der Waals surface area contributed by atoms with Crippen molar-refractivity contribution in [3.8, 4) is 0 Å². The molecule has 2 heterocycles. The number of nitrogens with zero attached hydrogens (tertiary/aromatic N) is 2. The van der Waals surface area contributed by atoms with Gasteiger partial charge in [0.15, 0.2) is 0 Å². The van der Waals surface area contributed by atoms with Gasteiger partial charge in [0.05, 0.1) is 0 Å². The van der Waals surface area contributed by atoms with Crippen LogP contribution in [0.15, 0.2) is 0 Å². The van der Waals surface area contributed by atoms with Crippen LogP contribution in [0, 0.1) is 11.6 Å². The molecular formula is C11H17N3S. The standard InChI is InChI=1S/C11H17N3S/c1-3-9-8(2)12-11(13-10(9)15)14-6-4-5-7-14/h3-7H2,1-2H3,(H,12,13,15). The Morgan fingerprint density at radius 3 is 2.60 bits per heavy atom. The molecule has 2 rings (SSSR count).